The lowest BCUT2D eigenvalue weighted by Gasteiger charge is -2.24. The van der Waals surface area contributed by atoms with E-state index in [1.165, 1.54) is 5.69 Å². The molecule has 0 fully saturated rings. The predicted octanol–water partition coefficient (Wildman–Crippen LogP) is 2.84. The lowest BCUT2D eigenvalue weighted by Crippen LogP contribution is -2.28. The third-order valence-electron chi connectivity index (χ3n) is 2.51. The molecule has 0 saturated heterocycles. The van der Waals surface area contributed by atoms with Crippen molar-refractivity contribution in [1.82, 2.24) is 9.88 Å². The monoisotopic (exact) mass is 247 g/mol. The van der Waals surface area contributed by atoms with Gasteiger partial charge in [0, 0.05) is 24.7 Å². The van der Waals surface area contributed by atoms with E-state index in [-0.39, 0.29) is 0 Å². The summed E-state index contributed by atoms with van der Waals surface area (Å²) in [6.45, 7) is 1.95. The Morgan fingerprint density at radius 3 is 2.65 bits per heavy atom. The molecule has 90 valence electrons. The number of hydrogen-bond donors (Lipinski definition) is 0. The summed E-state index contributed by atoms with van der Waals surface area (Å²) in [5.74, 6) is 1.01. The third kappa shape index (κ3) is 3.28. The van der Waals surface area contributed by atoms with Gasteiger partial charge in [0.05, 0.1) is 5.69 Å². The minimum Gasteiger partial charge on any atom is -0.324 e. The molecular weight excluding hydrogens is 230 g/mol. The molecule has 2 aromatic rings. The van der Waals surface area contributed by atoms with Crippen LogP contribution in [0.25, 0.3) is 0 Å². The van der Waals surface area contributed by atoms with E-state index in [0.29, 0.717) is 0 Å². The molecule has 0 aliphatic heterocycles. The second-order valence-corrected chi connectivity index (χ2v) is 4.90. The number of anilines is 2. The molecule has 2 aromatic heterocycles. The smallest absolute Gasteiger partial charge is 0.132 e. The van der Waals surface area contributed by atoms with E-state index in [4.69, 9.17) is 0 Å². The molecule has 0 N–H and O–H groups in total. The average Bonchev–Trinajstić information content (AvgIpc) is 2.84. The van der Waals surface area contributed by atoms with E-state index < -0.39 is 0 Å². The van der Waals surface area contributed by atoms with Gasteiger partial charge < -0.3 is 9.80 Å². The lowest BCUT2D eigenvalue weighted by atomic mass is 10.3. The van der Waals surface area contributed by atoms with Crippen LogP contribution in [0.3, 0.4) is 0 Å². The van der Waals surface area contributed by atoms with E-state index in [0.717, 1.165) is 18.9 Å². The Morgan fingerprint density at radius 1 is 1.18 bits per heavy atom. The van der Waals surface area contributed by atoms with Crippen molar-refractivity contribution >= 4 is 22.8 Å². The Bertz CT molecular complexity index is 425. The van der Waals surface area contributed by atoms with E-state index in [2.05, 4.69) is 45.7 Å². The summed E-state index contributed by atoms with van der Waals surface area (Å²) in [4.78, 5) is 8.85. The second-order valence-electron chi connectivity index (χ2n) is 4.12. The molecule has 2 rings (SSSR count). The van der Waals surface area contributed by atoms with Crippen LogP contribution in [0.4, 0.5) is 11.5 Å². The number of hydrogen-bond acceptors (Lipinski definition) is 4. The normalized spacial score (nSPS) is 10.8. The largest absolute Gasteiger partial charge is 0.324 e. The van der Waals surface area contributed by atoms with Crippen molar-refractivity contribution in [2.75, 3.05) is 32.1 Å². The van der Waals surface area contributed by atoms with Gasteiger partial charge in [0.25, 0.3) is 0 Å². The molecule has 2 heterocycles. The first-order valence-corrected chi connectivity index (χ1v) is 6.57. The highest BCUT2D eigenvalue weighted by atomic mass is 32.1. The van der Waals surface area contributed by atoms with E-state index >= 15 is 0 Å². The molecule has 0 atom stereocenters. The quantitative estimate of drug-likeness (QED) is 0.810. The van der Waals surface area contributed by atoms with Crippen LogP contribution >= 0.6 is 11.3 Å². The van der Waals surface area contributed by atoms with Crippen LogP contribution < -0.4 is 4.90 Å². The number of aromatic nitrogens is 1. The van der Waals surface area contributed by atoms with Crippen LogP contribution in [0, 0.1) is 0 Å². The van der Waals surface area contributed by atoms with E-state index in [9.17, 15) is 0 Å². The number of likely N-dealkylation sites (N-methyl/N-ethyl adjacent to an activating group) is 1. The van der Waals surface area contributed by atoms with Crippen molar-refractivity contribution in [2.45, 2.75) is 0 Å². The number of rotatable bonds is 5. The summed E-state index contributed by atoms with van der Waals surface area (Å²) >= 11 is 1.71. The van der Waals surface area contributed by atoms with Crippen LogP contribution in [0.15, 0.2) is 41.2 Å². The maximum atomic E-state index is 4.43. The highest BCUT2D eigenvalue weighted by Crippen LogP contribution is 2.25. The van der Waals surface area contributed by atoms with Crippen molar-refractivity contribution in [2.24, 2.45) is 0 Å². The molecule has 0 saturated carbocycles. The summed E-state index contributed by atoms with van der Waals surface area (Å²) < 4.78 is 0. The summed E-state index contributed by atoms with van der Waals surface area (Å²) in [6.07, 6.45) is 1.84. The SMILES string of the molecule is CN(C)CCN(c1ccsc1)c1ccccn1. The van der Waals surface area contributed by atoms with E-state index in [1.54, 1.807) is 11.3 Å². The molecule has 0 aromatic carbocycles. The topological polar surface area (TPSA) is 19.4 Å². The van der Waals surface area contributed by atoms with Crippen LogP contribution in [0.1, 0.15) is 0 Å². The summed E-state index contributed by atoms with van der Waals surface area (Å²) in [6, 6.07) is 8.15. The molecule has 0 radical (unpaired) electrons. The number of pyridine rings is 1. The fourth-order valence-electron chi connectivity index (χ4n) is 1.60. The first-order valence-electron chi connectivity index (χ1n) is 5.63. The minimum absolute atomic E-state index is 0.945. The Balaban J connectivity index is 2.19. The van der Waals surface area contributed by atoms with E-state index in [1.807, 2.05) is 24.4 Å². The maximum absolute atomic E-state index is 4.43. The number of thiophene rings is 1. The third-order valence-corrected chi connectivity index (χ3v) is 3.19. The van der Waals surface area contributed by atoms with Gasteiger partial charge in [-0.25, -0.2) is 4.98 Å². The van der Waals surface area contributed by atoms with Crippen LogP contribution in [0.5, 0.6) is 0 Å². The number of nitrogens with zero attached hydrogens (tertiary/aromatic N) is 3. The Kier molecular flexibility index (Phi) is 4.12. The summed E-state index contributed by atoms with van der Waals surface area (Å²) in [5.41, 5.74) is 1.22. The minimum atomic E-state index is 0.945. The van der Waals surface area contributed by atoms with Gasteiger partial charge >= 0.3 is 0 Å². The van der Waals surface area contributed by atoms with Crippen molar-refractivity contribution < 1.29 is 0 Å². The molecule has 0 spiro atoms. The lowest BCUT2D eigenvalue weighted by molar-refractivity contribution is 0.418. The molecule has 0 amide bonds. The van der Waals surface area contributed by atoms with Crippen molar-refractivity contribution in [3.8, 4) is 0 Å². The highest BCUT2D eigenvalue weighted by molar-refractivity contribution is 7.08. The standard InChI is InChI=1S/C13H17N3S/c1-15(2)8-9-16(12-6-10-17-11-12)13-5-3-4-7-14-13/h3-7,10-11H,8-9H2,1-2H3. The van der Waals surface area contributed by atoms with Gasteiger partial charge in [-0.1, -0.05) is 6.07 Å². The van der Waals surface area contributed by atoms with Gasteiger partial charge in [-0.15, -0.1) is 0 Å². The average molecular weight is 247 g/mol. The Labute approximate surface area is 106 Å². The Morgan fingerprint density at radius 2 is 2.06 bits per heavy atom. The first kappa shape index (κ1) is 12.1. The van der Waals surface area contributed by atoms with Crippen molar-refractivity contribution in [3.05, 3.63) is 41.2 Å². The van der Waals surface area contributed by atoms with Crippen LogP contribution in [-0.2, 0) is 0 Å². The van der Waals surface area contributed by atoms with Gasteiger partial charge in [-0.05, 0) is 37.7 Å². The molecule has 3 nitrogen and oxygen atoms in total. The highest BCUT2D eigenvalue weighted by Gasteiger charge is 2.10. The van der Waals surface area contributed by atoms with Gasteiger partial charge in [-0.2, -0.15) is 11.3 Å². The molecule has 17 heavy (non-hydrogen) atoms. The van der Waals surface area contributed by atoms with Gasteiger partial charge in [0.15, 0.2) is 0 Å². The van der Waals surface area contributed by atoms with Gasteiger partial charge in [0.2, 0.25) is 0 Å². The van der Waals surface area contributed by atoms with Crippen molar-refractivity contribution in [3.63, 3.8) is 0 Å². The zero-order valence-electron chi connectivity index (χ0n) is 10.2. The zero-order chi connectivity index (χ0) is 12.1. The zero-order valence-corrected chi connectivity index (χ0v) is 11.0. The van der Waals surface area contributed by atoms with Crippen LogP contribution in [0.2, 0.25) is 0 Å². The fourth-order valence-corrected chi connectivity index (χ4v) is 2.24. The fraction of sp³-hybridized carbons (Fsp3) is 0.308. The Hall–Kier alpha value is -1.39. The molecule has 0 aliphatic carbocycles. The summed E-state index contributed by atoms with van der Waals surface area (Å²) in [5, 5.41) is 4.26. The van der Waals surface area contributed by atoms with Gasteiger partial charge in [-0.3, -0.25) is 0 Å². The van der Waals surface area contributed by atoms with Gasteiger partial charge in [0.1, 0.15) is 5.82 Å². The first-order chi connectivity index (χ1) is 8.27. The summed E-state index contributed by atoms with van der Waals surface area (Å²) in [7, 11) is 4.18. The molecular formula is C13H17N3S. The molecule has 4 heteroatoms. The molecule has 0 unspecified atom stereocenters. The van der Waals surface area contributed by atoms with Crippen molar-refractivity contribution in [1.29, 1.82) is 0 Å². The second kappa shape index (κ2) is 5.80. The predicted molar refractivity (Wildman–Crippen MR) is 74.1 cm³/mol. The van der Waals surface area contributed by atoms with Crippen LogP contribution in [-0.4, -0.2) is 37.1 Å². The molecule has 0 aliphatic rings. The maximum Gasteiger partial charge on any atom is 0.132 e. The molecule has 0 bridgehead atoms.